The van der Waals surface area contributed by atoms with E-state index in [9.17, 15) is 0 Å². The first kappa shape index (κ1) is 10.5. The van der Waals surface area contributed by atoms with Crippen molar-refractivity contribution in [2.45, 2.75) is 18.6 Å². The fourth-order valence-electron chi connectivity index (χ4n) is 0.554. The zero-order chi connectivity index (χ0) is 7.94. The van der Waals surface area contributed by atoms with Crippen LogP contribution in [0.3, 0.4) is 0 Å². The predicted octanol–water partition coefficient (Wildman–Crippen LogP) is 3.58. The van der Waals surface area contributed by atoms with E-state index in [-0.39, 0.29) is 0 Å². The lowest BCUT2D eigenvalue weighted by atomic mass is 10.6. The van der Waals surface area contributed by atoms with Crippen LogP contribution in [0.15, 0.2) is 0 Å². The summed E-state index contributed by atoms with van der Waals surface area (Å²) in [4.78, 5) is 0. The fraction of sp³-hybridized carbons (Fsp3) is 1.00. The Labute approximate surface area is 85.8 Å². The van der Waals surface area contributed by atoms with Gasteiger partial charge >= 0.3 is 0 Å². The summed E-state index contributed by atoms with van der Waals surface area (Å²) in [5, 5.41) is 2.29. The van der Waals surface area contributed by atoms with Gasteiger partial charge in [-0.2, -0.15) is 11.8 Å². The number of hydrogen-bond acceptors (Lipinski definition) is 4. The maximum atomic E-state index is 2.24. The molecule has 0 aliphatic carbocycles. The van der Waals surface area contributed by atoms with Crippen molar-refractivity contribution in [3.8, 4) is 0 Å². The maximum absolute atomic E-state index is 2.24. The van der Waals surface area contributed by atoms with Gasteiger partial charge in [-0.1, -0.05) is 28.5 Å². The van der Waals surface area contributed by atoms with E-state index in [0.29, 0.717) is 0 Å². The van der Waals surface area contributed by atoms with Crippen LogP contribution < -0.4 is 0 Å². The third kappa shape index (κ3) is 6.55. The summed E-state index contributed by atoms with van der Waals surface area (Å²) in [6, 6.07) is 0. The smallest absolute Gasteiger partial charge is 0.0496 e. The molecule has 0 radical (unpaired) electrons. The van der Waals surface area contributed by atoms with E-state index in [1.54, 1.807) is 0 Å². The maximum Gasteiger partial charge on any atom is 0.0496 e. The standard InChI is InChI=1S/C7H14S4/c1-2-3-10-11-6-8-4-7-5-9-7/h7H,2-6H2,1H3. The molecule has 1 rings (SSSR count). The molecule has 4 heteroatoms. The molecule has 1 heterocycles. The molecule has 0 amide bonds. The van der Waals surface area contributed by atoms with Gasteiger partial charge in [-0.15, -0.1) is 11.8 Å². The van der Waals surface area contributed by atoms with Gasteiger partial charge < -0.3 is 0 Å². The first-order chi connectivity index (χ1) is 5.43. The van der Waals surface area contributed by atoms with E-state index < -0.39 is 0 Å². The Bertz CT molecular complexity index is 92.4. The first-order valence-corrected chi connectivity index (χ1v) is 8.56. The van der Waals surface area contributed by atoms with E-state index in [1.807, 2.05) is 21.6 Å². The minimum atomic E-state index is 1.01. The lowest BCUT2D eigenvalue weighted by Crippen LogP contribution is -1.86. The molecule has 0 aromatic rings. The van der Waals surface area contributed by atoms with Crippen LogP contribution in [0.4, 0.5) is 0 Å². The molecule has 0 N–H and O–H groups in total. The van der Waals surface area contributed by atoms with Gasteiger partial charge in [-0.3, -0.25) is 0 Å². The van der Waals surface area contributed by atoms with Crippen molar-refractivity contribution in [1.29, 1.82) is 0 Å². The van der Waals surface area contributed by atoms with Crippen molar-refractivity contribution in [3.63, 3.8) is 0 Å². The predicted molar refractivity (Wildman–Crippen MR) is 63.9 cm³/mol. The van der Waals surface area contributed by atoms with Crippen LogP contribution >= 0.6 is 45.1 Å². The third-order valence-corrected chi connectivity index (χ3v) is 6.69. The highest BCUT2D eigenvalue weighted by molar-refractivity contribution is 8.78. The first-order valence-electron chi connectivity index (χ1n) is 3.87. The molecular weight excluding hydrogens is 212 g/mol. The molecule has 0 nitrogen and oxygen atoms in total. The minimum absolute atomic E-state index is 1.01. The highest BCUT2D eigenvalue weighted by Crippen LogP contribution is 2.35. The van der Waals surface area contributed by atoms with Crippen molar-refractivity contribution < 1.29 is 0 Å². The quantitative estimate of drug-likeness (QED) is 0.281. The minimum Gasteiger partial charge on any atom is -0.156 e. The molecule has 1 fully saturated rings. The van der Waals surface area contributed by atoms with Gasteiger partial charge in [0.05, 0.1) is 0 Å². The normalized spacial score (nSPS) is 22.1. The zero-order valence-corrected chi connectivity index (χ0v) is 10.0. The third-order valence-electron chi connectivity index (χ3n) is 1.21. The van der Waals surface area contributed by atoms with Gasteiger partial charge in [0.25, 0.3) is 0 Å². The zero-order valence-electron chi connectivity index (χ0n) is 6.75. The summed E-state index contributed by atoms with van der Waals surface area (Å²) in [5.41, 5.74) is 0. The van der Waals surface area contributed by atoms with Crippen LogP contribution in [-0.2, 0) is 0 Å². The Morgan fingerprint density at radius 1 is 1.45 bits per heavy atom. The lowest BCUT2D eigenvalue weighted by molar-refractivity contribution is 1.11. The molecule has 1 atom stereocenters. The fourth-order valence-corrected chi connectivity index (χ4v) is 5.30. The average Bonchev–Trinajstić information content (AvgIpc) is 2.80. The van der Waals surface area contributed by atoms with Crippen LogP contribution in [0.25, 0.3) is 0 Å². The van der Waals surface area contributed by atoms with E-state index in [2.05, 4.69) is 30.4 Å². The molecule has 1 saturated heterocycles. The Hall–Kier alpha value is 1.40. The molecule has 0 aromatic carbocycles. The number of rotatable bonds is 7. The Balaban J connectivity index is 1.66. The Morgan fingerprint density at radius 3 is 2.91 bits per heavy atom. The Kier molecular flexibility index (Phi) is 6.54. The van der Waals surface area contributed by atoms with Crippen LogP contribution in [0.1, 0.15) is 13.3 Å². The molecule has 1 aliphatic rings. The van der Waals surface area contributed by atoms with Crippen molar-refractivity contribution in [2.75, 3.05) is 22.3 Å². The van der Waals surface area contributed by atoms with Crippen molar-refractivity contribution in [3.05, 3.63) is 0 Å². The van der Waals surface area contributed by atoms with Gasteiger partial charge in [0.1, 0.15) is 0 Å². The molecule has 0 spiro atoms. The van der Waals surface area contributed by atoms with Gasteiger partial charge in [0.2, 0.25) is 0 Å². The highest BCUT2D eigenvalue weighted by Gasteiger charge is 2.21. The second-order valence-electron chi connectivity index (χ2n) is 2.38. The van der Waals surface area contributed by atoms with Crippen LogP contribution in [-0.4, -0.2) is 27.6 Å². The van der Waals surface area contributed by atoms with E-state index >= 15 is 0 Å². The summed E-state index contributed by atoms with van der Waals surface area (Å²) in [7, 11) is 4.03. The summed E-state index contributed by atoms with van der Waals surface area (Å²) < 4.78 is 0. The second kappa shape index (κ2) is 6.87. The summed E-state index contributed by atoms with van der Waals surface area (Å²) >= 11 is 4.20. The summed E-state index contributed by atoms with van der Waals surface area (Å²) in [5.74, 6) is 4.10. The van der Waals surface area contributed by atoms with Gasteiger partial charge in [-0.25, -0.2) is 0 Å². The Morgan fingerprint density at radius 2 is 2.27 bits per heavy atom. The molecule has 0 saturated carbocycles. The van der Waals surface area contributed by atoms with E-state index in [0.717, 1.165) is 5.25 Å². The largest absolute Gasteiger partial charge is 0.156 e. The molecular formula is C7H14S4. The summed E-state index contributed by atoms with van der Waals surface area (Å²) in [6.07, 6.45) is 1.31. The highest BCUT2D eigenvalue weighted by atomic mass is 33.1. The molecule has 11 heavy (non-hydrogen) atoms. The number of hydrogen-bond donors (Lipinski definition) is 0. The van der Waals surface area contributed by atoms with Gasteiger partial charge in [0, 0.05) is 27.6 Å². The van der Waals surface area contributed by atoms with Crippen molar-refractivity contribution in [1.82, 2.24) is 0 Å². The molecule has 66 valence electrons. The van der Waals surface area contributed by atoms with Gasteiger partial charge in [0.15, 0.2) is 0 Å². The lowest BCUT2D eigenvalue weighted by Gasteiger charge is -1.97. The average molecular weight is 226 g/mol. The van der Waals surface area contributed by atoms with Crippen molar-refractivity contribution >= 4 is 45.1 Å². The van der Waals surface area contributed by atoms with Crippen LogP contribution in [0.2, 0.25) is 0 Å². The molecule has 1 aliphatic heterocycles. The molecule has 0 bridgehead atoms. The monoisotopic (exact) mass is 226 g/mol. The van der Waals surface area contributed by atoms with Crippen LogP contribution in [0, 0.1) is 0 Å². The summed E-state index contributed by atoms with van der Waals surface area (Å²) in [6.45, 7) is 2.24. The van der Waals surface area contributed by atoms with E-state index in [4.69, 9.17) is 0 Å². The SMILES string of the molecule is CCCSSCSCC1CS1. The second-order valence-corrected chi connectivity index (χ2v) is 7.70. The van der Waals surface area contributed by atoms with Gasteiger partial charge in [-0.05, 0) is 6.42 Å². The van der Waals surface area contributed by atoms with Crippen molar-refractivity contribution in [2.24, 2.45) is 0 Å². The van der Waals surface area contributed by atoms with Crippen LogP contribution in [0.5, 0.6) is 0 Å². The molecule has 0 aromatic heterocycles. The molecule has 1 unspecified atom stereocenters. The topological polar surface area (TPSA) is 0 Å². The van der Waals surface area contributed by atoms with E-state index in [1.165, 1.54) is 28.8 Å². The number of thioether (sulfide) groups is 2.